The first-order valence-corrected chi connectivity index (χ1v) is 9.08. The molecule has 1 heterocycles. The Hall–Kier alpha value is -2.49. The molecule has 0 aliphatic carbocycles. The molecule has 1 aliphatic rings. The molecule has 0 aromatic heterocycles. The smallest absolute Gasteiger partial charge is 0.407 e. The van der Waals surface area contributed by atoms with E-state index in [4.69, 9.17) is 9.47 Å². The first-order valence-electron chi connectivity index (χ1n) is 9.08. The minimum atomic E-state index is -0.382. The van der Waals surface area contributed by atoms with Gasteiger partial charge >= 0.3 is 6.09 Å². The van der Waals surface area contributed by atoms with Crippen LogP contribution >= 0.6 is 0 Å². The summed E-state index contributed by atoms with van der Waals surface area (Å²) in [6.07, 6.45) is 5.28. The number of ether oxygens (including phenoxy) is 2. The van der Waals surface area contributed by atoms with Crippen molar-refractivity contribution in [3.8, 4) is 11.5 Å². The van der Waals surface area contributed by atoms with Crippen LogP contribution in [0.4, 0.5) is 4.79 Å². The largest absolute Gasteiger partial charge is 0.457 e. The molecule has 2 aromatic rings. The number of hydrogen-bond acceptors (Lipinski definition) is 3. The Morgan fingerprint density at radius 3 is 2.20 bits per heavy atom. The minimum absolute atomic E-state index is 0.256. The number of carbonyl (C=O) groups is 1. The highest BCUT2D eigenvalue weighted by Gasteiger charge is 2.28. The molecule has 0 atom stereocenters. The summed E-state index contributed by atoms with van der Waals surface area (Å²) in [7, 11) is 0. The molecule has 4 nitrogen and oxygen atoms in total. The lowest BCUT2D eigenvalue weighted by Gasteiger charge is -2.28. The predicted molar refractivity (Wildman–Crippen MR) is 98.0 cm³/mol. The van der Waals surface area contributed by atoms with Crippen LogP contribution in [0.15, 0.2) is 48.5 Å². The molecule has 1 N–H and O–H groups in total. The third-order valence-electron chi connectivity index (χ3n) is 4.42. The van der Waals surface area contributed by atoms with Crippen molar-refractivity contribution < 1.29 is 14.3 Å². The molecular weight excluding hydrogens is 314 g/mol. The molecule has 132 valence electrons. The number of carbonyl (C=O) groups excluding carboxylic acids is 1. The molecule has 0 saturated carbocycles. The van der Waals surface area contributed by atoms with Crippen LogP contribution in [0, 0.1) is 0 Å². The molecule has 0 unspecified atom stereocenters. The molecule has 0 spiro atoms. The zero-order valence-electron chi connectivity index (χ0n) is 14.7. The van der Waals surface area contributed by atoms with E-state index in [0.29, 0.717) is 6.61 Å². The second kappa shape index (κ2) is 8.56. The zero-order valence-corrected chi connectivity index (χ0v) is 14.7. The lowest BCUT2D eigenvalue weighted by molar-refractivity contribution is 0.141. The first kappa shape index (κ1) is 17.3. The molecule has 2 aromatic carbocycles. The Morgan fingerprint density at radius 2 is 1.56 bits per heavy atom. The number of para-hydroxylation sites is 2. The molecule has 0 bridgehead atoms. The van der Waals surface area contributed by atoms with Gasteiger partial charge < -0.3 is 14.8 Å². The molecular formula is C21H25NO3. The summed E-state index contributed by atoms with van der Waals surface area (Å²) in [6.45, 7) is 2.65. The third kappa shape index (κ3) is 4.32. The third-order valence-corrected chi connectivity index (χ3v) is 4.42. The monoisotopic (exact) mass is 339 g/mol. The Bertz CT molecular complexity index is 668. The van der Waals surface area contributed by atoms with Crippen LogP contribution in [0.2, 0.25) is 0 Å². The fraction of sp³-hybridized carbons (Fsp3) is 0.381. The molecule has 0 radical (unpaired) electrons. The summed E-state index contributed by atoms with van der Waals surface area (Å²) < 4.78 is 11.3. The van der Waals surface area contributed by atoms with Crippen molar-refractivity contribution in [1.82, 2.24) is 5.32 Å². The molecule has 1 amide bonds. The maximum Gasteiger partial charge on any atom is 0.407 e. The number of fused-ring (bicyclic) bond motifs is 2. The van der Waals surface area contributed by atoms with E-state index in [1.807, 2.05) is 48.5 Å². The van der Waals surface area contributed by atoms with E-state index in [2.05, 4.69) is 12.2 Å². The van der Waals surface area contributed by atoms with Crippen LogP contribution in [0.5, 0.6) is 11.5 Å². The van der Waals surface area contributed by atoms with Gasteiger partial charge in [0.1, 0.15) is 11.5 Å². The van der Waals surface area contributed by atoms with Gasteiger partial charge in [-0.15, -0.1) is 0 Å². The van der Waals surface area contributed by atoms with Gasteiger partial charge in [-0.1, -0.05) is 69.0 Å². The van der Waals surface area contributed by atoms with E-state index in [-0.39, 0.29) is 12.1 Å². The molecule has 3 rings (SSSR count). The number of nitrogens with one attached hydrogen (secondary N) is 1. The fourth-order valence-corrected chi connectivity index (χ4v) is 3.10. The number of hydrogen-bond donors (Lipinski definition) is 1. The molecule has 1 aliphatic heterocycles. The standard InChI is InChI=1S/C21H25NO3/c1-2-3-4-5-10-15-24-21(23)22-20-16-11-6-8-13-18(16)25-19-14-9-7-12-17(19)20/h6-9,11-14,20H,2-5,10,15H2,1H3,(H,22,23). The van der Waals surface area contributed by atoms with Gasteiger partial charge in [0.05, 0.1) is 12.6 Å². The topological polar surface area (TPSA) is 47.6 Å². The average molecular weight is 339 g/mol. The Kier molecular flexibility index (Phi) is 5.94. The SMILES string of the molecule is CCCCCCCOC(=O)NC1c2ccccc2Oc2ccccc21. The lowest BCUT2D eigenvalue weighted by atomic mass is 9.95. The zero-order chi connectivity index (χ0) is 17.5. The predicted octanol–water partition coefficient (Wildman–Crippen LogP) is 5.58. The highest BCUT2D eigenvalue weighted by Crippen LogP contribution is 2.42. The first-order chi connectivity index (χ1) is 12.3. The quantitative estimate of drug-likeness (QED) is 0.670. The number of unbranched alkanes of at least 4 members (excludes halogenated alkanes) is 4. The van der Waals surface area contributed by atoms with E-state index in [0.717, 1.165) is 35.5 Å². The van der Waals surface area contributed by atoms with E-state index < -0.39 is 0 Å². The maximum absolute atomic E-state index is 12.2. The summed E-state index contributed by atoms with van der Waals surface area (Å²) >= 11 is 0. The van der Waals surface area contributed by atoms with Crippen molar-refractivity contribution in [2.24, 2.45) is 0 Å². The molecule has 0 fully saturated rings. The number of benzene rings is 2. The van der Waals surface area contributed by atoms with Crippen molar-refractivity contribution in [3.63, 3.8) is 0 Å². The lowest BCUT2D eigenvalue weighted by Crippen LogP contribution is -2.31. The van der Waals surface area contributed by atoms with Gasteiger partial charge in [-0.05, 0) is 18.6 Å². The van der Waals surface area contributed by atoms with Crippen molar-refractivity contribution in [2.75, 3.05) is 6.61 Å². The number of alkyl carbamates (subject to hydrolysis) is 1. The van der Waals surface area contributed by atoms with Crippen LogP contribution in [-0.2, 0) is 4.74 Å². The van der Waals surface area contributed by atoms with E-state index in [1.54, 1.807) is 0 Å². The van der Waals surface area contributed by atoms with Crippen LogP contribution in [0.3, 0.4) is 0 Å². The van der Waals surface area contributed by atoms with Gasteiger partial charge in [-0.2, -0.15) is 0 Å². The summed E-state index contributed by atoms with van der Waals surface area (Å²) in [5, 5.41) is 2.99. The fourth-order valence-electron chi connectivity index (χ4n) is 3.10. The van der Waals surface area contributed by atoms with E-state index in [1.165, 1.54) is 19.3 Å². The second-order valence-electron chi connectivity index (χ2n) is 6.31. The molecule has 25 heavy (non-hydrogen) atoms. The Labute approximate surface area is 149 Å². The highest BCUT2D eigenvalue weighted by molar-refractivity contribution is 5.70. The number of rotatable bonds is 7. The summed E-state index contributed by atoms with van der Waals surface area (Å²) in [6, 6.07) is 15.3. The number of amides is 1. The van der Waals surface area contributed by atoms with Gasteiger partial charge in [0.15, 0.2) is 0 Å². The normalized spacial score (nSPS) is 12.7. The van der Waals surface area contributed by atoms with Gasteiger partial charge in [0.25, 0.3) is 0 Å². The van der Waals surface area contributed by atoms with Crippen LogP contribution in [-0.4, -0.2) is 12.7 Å². The van der Waals surface area contributed by atoms with Gasteiger partial charge in [0.2, 0.25) is 0 Å². The summed E-state index contributed by atoms with van der Waals surface area (Å²) in [5.74, 6) is 1.54. The van der Waals surface area contributed by atoms with Crippen molar-refractivity contribution >= 4 is 6.09 Å². The molecule has 4 heteroatoms. The van der Waals surface area contributed by atoms with E-state index in [9.17, 15) is 4.79 Å². The summed E-state index contributed by atoms with van der Waals surface area (Å²) in [4.78, 5) is 12.2. The highest BCUT2D eigenvalue weighted by atomic mass is 16.5. The van der Waals surface area contributed by atoms with Crippen LogP contribution < -0.4 is 10.1 Å². The van der Waals surface area contributed by atoms with Crippen molar-refractivity contribution in [1.29, 1.82) is 0 Å². The average Bonchev–Trinajstić information content (AvgIpc) is 2.64. The van der Waals surface area contributed by atoms with Gasteiger partial charge in [-0.3, -0.25) is 0 Å². The van der Waals surface area contributed by atoms with Crippen molar-refractivity contribution in [3.05, 3.63) is 59.7 Å². The van der Waals surface area contributed by atoms with Crippen molar-refractivity contribution in [2.45, 2.75) is 45.1 Å². The van der Waals surface area contributed by atoms with E-state index >= 15 is 0 Å². The molecule has 0 saturated heterocycles. The van der Waals surface area contributed by atoms with Crippen LogP contribution in [0.1, 0.15) is 56.2 Å². The minimum Gasteiger partial charge on any atom is -0.457 e. The van der Waals surface area contributed by atoms with Gasteiger partial charge in [-0.25, -0.2) is 4.79 Å². The van der Waals surface area contributed by atoms with Gasteiger partial charge in [0, 0.05) is 11.1 Å². The maximum atomic E-state index is 12.2. The Balaban J connectivity index is 1.63. The second-order valence-corrected chi connectivity index (χ2v) is 6.31. The summed E-state index contributed by atoms with van der Waals surface area (Å²) in [5.41, 5.74) is 1.89. The van der Waals surface area contributed by atoms with Crippen LogP contribution in [0.25, 0.3) is 0 Å². The Morgan fingerprint density at radius 1 is 0.960 bits per heavy atom.